The molecule has 78 valence electrons. The van der Waals surface area contributed by atoms with Crippen molar-refractivity contribution < 1.29 is 0 Å². The molecule has 2 N–H and O–H groups in total. The highest BCUT2D eigenvalue weighted by Crippen LogP contribution is 2.40. The van der Waals surface area contributed by atoms with Gasteiger partial charge in [0.05, 0.1) is 0 Å². The van der Waals surface area contributed by atoms with Crippen LogP contribution in [0.25, 0.3) is 10.1 Å². The molecule has 1 saturated carbocycles. The number of hydrogen-bond donors (Lipinski definition) is 1. The minimum Gasteiger partial charge on any atom is -0.324 e. The third kappa shape index (κ3) is 1.48. The van der Waals surface area contributed by atoms with Crippen molar-refractivity contribution in [3.05, 3.63) is 35.2 Å². The zero-order valence-corrected chi connectivity index (χ0v) is 9.46. The van der Waals surface area contributed by atoms with Crippen molar-refractivity contribution in [3.8, 4) is 0 Å². The minimum atomic E-state index is 0.259. The van der Waals surface area contributed by atoms with Crippen LogP contribution in [-0.2, 0) is 0 Å². The van der Waals surface area contributed by atoms with Gasteiger partial charge in [0.25, 0.3) is 0 Å². The summed E-state index contributed by atoms with van der Waals surface area (Å²) in [6, 6.07) is 8.83. The van der Waals surface area contributed by atoms with Crippen molar-refractivity contribution >= 4 is 21.4 Å². The van der Waals surface area contributed by atoms with E-state index in [1.165, 1.54) is 34.9 Å². The number of thiophene rings is 1. The molecule has 2 heteroatoms. The summed E-state index contributed by atoms with van der Waals surface area (Å²) in [4.78, 5) is 0. The first-order chi connectivity index (χ1) is 7.36. The lowest BCUT2D eigenvalue weighted by molar-refractivity contribution is 0.265. The summed E-state index contributed by atoms with van der Waals surface area (Å²) in [5.41, 5.74) is 7.68. The van der Waals surface area contributed by atoms with Gasteiger partial charge >= 0.3 is 0 Å². The minimum absolute atomic E-state index is 0.259. The summed E-state index contributed by atoms with van der Waals surface area (Å²) in [6.45, 7) is 0. The summed E-state index contributed by atoms with van der Waals surface area (Å²) in [5, 5.41) is 3.61. The molecule has 0 saturated heterocycles. The van der Waals surface area contributed by atoms with Crippen LogP contribution in [0.5, 0.6) is 0 Å². The Morgan fingerprint density at radius 3 is 2.80 bits per heavy atom. The average molecular weight is 217 g/mol. The van der Waals surface area contributed by atoms with E-state index in [-0.39, 0.29) is 6.04 Å². The smallest absolute Gasteiger partial charge is 0.0346 e. The van der Waals surface area contributed by atoms with Gasteiger partial charge in [0, 0.05) is 10.7 Å². The van der Waals surface area contributed by atoms with Gasteiger partial charge in [-0.25, -0.2) is 0 Å². The van der Waals surface area contributed by atoms with E-state index in [9.17, 15) is 0 Å². The van der Waals surface area contributed by atoms with Gasteiger partial charge in [-0.2, -0.15) is 0 Å². The average Bonchev–Trinajstić information content (AvgIpc) is 2.58. The van der Waals surface area contributed by atoms with Gasteiger partial charge in [0.15, 0.2) is 0 Å². The van der Waals surface area contributed by atoms with Gasteiger partial charge < -0.3 is 5.73 Å². The van der Waals surface area contributed by atoms with Crippen LogP contribution >= 0.6 is 11.3 Å². The van der Waals surface area contributed by atoms with E-state index < -0.39 is 0 Å². The molecule has 0 aliphatic heterocycles. The fourth-order valence-electron chi connectivity index (χ4n) is 2.31. The fraction of sp³-hybridized carbons (Fsp3) is 0.385. The highest BCUT2D eigenvalue weighted by molar-refractivity contribution is 7.17. The Morgan fingerprint density at radius 1 is 1.27 bits per heavy atom. The molecule has 3 rings (SSSR count). The monoisotopic (exact) mass is 217 g/mol. The van der Waals surface area contributed by atoms with E-state index in [1.54, 1.807) is 0 Å². The van der Waals surface area contributed by atoms with E-state index in [0.717, 1.165) is 5.92 Å². The molecule has 1 heterocycles. The molecule has 0 spiro atoms. The lowest BCUT2D eigenvalue weighted by Crippen LogP contribution is -2.26. The second kappa shape index (κ2) is 3.62. The predicted octanol–water partition coefficient (Wildman–Crippen LogP) is 3.70. The van der Waals surface area contributed by atoms with Crippen LogP contribution in [0.15, 0.2) is 29.6 Å². The molecule has 0 radical (unpaired) electrons. The van der Waals surface area contributed by atoms with E-state index in [1.807, 2.05) is 11.3 Å². The first-order valence-electron chi connectivity index (χ1n) is 5.58. The molecule has 1 nitrogen and oxygen atoms in total. The third-order valence-corrected chi connectivity index (χ3v) is 4.51. The number of nitrogens with two attached hydrogens (primary N) is 1. The Morgan fingerprint density at radius 2 is 2.07 bits per heavy atom. The molecule has 0 amide bonds. The molecule has 1 aromatic carbocycles. The Labute approximate surface area is 93.9 Å². The SMILES string of the molecule is N[C@H](c1csc2ccccc12)C1CCC1. The van der Waals surface area contributed by atoms with E-state index in [4.69, 9.17) is 5.73 Å². The van der Waals surface area contributed by atoms with Gasteiger partial charge in [-0.1, -0.05) is 24.6 Å². The Hall–Kier alpha value is -0.860. The molecular formula is C13H15NS. The second-order valence-electron chi connectivity index (χ2n) is 4.40. The number of rotatable bonds is 2. The quantitative estimate of drug-likeness (QED) is 0.815. The zero-order chi connectivity index (χ0) is 10.3. The highest BCUT2D eigenvalue weighted by atomic mass is 32.1. The topological polar surface area (TPSA) is 26.0 Å². The summed E-state index contributed by atoms with van der Waals surface area (Å²) in [5.74, 6) is 0.725. The lowest BCUT2D eigenvalue weighted by Gasteiger charge is -2.31. The van der Waals surface area contributed by atoms with Crippen LogP contribution in [0.1, 0.15) is 30.9 Å². The Balaban J connectivity index is 2.02. The summed E-state index contributed by atoms with van der Waals surface area (Å²) in [7, 11) is 0. The fourth-order valence-corrected chi connectivity index (χ4v) is 3.32. The second-order valence-corrected chi connectivity index (χ2v) is 5.32. The molecule has 1 atom stereocenters. The maximum atomic E-state index is 6.32. The van der Waals surface area contributed by atoms with Gasteiger partial charge in [-0.15, -0.1) is 11.3 Å². The van der Waals surface area contributed by atoms with Crippen LogP contribution in [-0.4, -0.2) is 0 Å². The van der Waals surface area contributed by atoms with Crippen LogP contribution in [0, 0.1) is 5.92 Å². The third-order valence-electron chi connectivity index (χ3n) is 3.53. The van der Waals surface area contributed by atoms with E-state index in [2.05, 4.69) is 29.6 Å². The van der Waals surface area contributed by atoms with Crippen LogP contribution in [0.4, 0.5) is 0 Å². The maximum absolute atomic E-state index is 6.32. The number of fused-ring (bicyclic) bond motifs is 1. The molecule has 1 fully saturated rings. The van der Waals surface area contributed by atoms with Gasteiger partial charge in [-0.3, -0.25) is 0 Å². The first-order valence-corrected chi connectivity index (χ1v) is 6.46. The van der Waals surface area contributed by atoms with E-state index >= 15 is 0 Å². The molecule has 15 heavy (non-hydrogen) atoms. The Bertz CT molecular complexity index is 470. The molecule has 0 unspecified atom stereocenters. The predicted molar refractivity (Wildman–Crippen MR) is 66.1 cm³/mol. The molecule has 2 aromatic rings. The van der Waals surface area contributed by atoms with E-state index in [0.29, 0.717) is 0 Å². The first kappa shape index (κ1) is 9.37. The largest absolute Gasteiger partial charge is 0.324 e. The Kier molecular flexibility index (Phi) is 2.26. The molecular weight excluding hydrogens is 202 g/mol. The normalized spacial score (nSPS) is 19.0. The van der Waals surface area contributed by atoms with Crippen molar-refractivity contribution in [2.75, 3.05) is 0 Å². The van der Waals surface area contributed by atoms with Gasteiger partial charge in [-0.05, 0) is 41.2 Å². The lowest BCUT2D eigenvalue weighted by atomic mass is 9.77. The molecule has 1 aliphatic rings. The van der Waals surface area contributed by atoms with Crippen LogP contribution in [0.2, 0.25) is 0 Å². The van der Waals surface area contributed by atoms with Crippen molar-refractivity contribution in [2.24, 2.45) is 11.7 Å². The highest BCUT2D eigenvalue weighted by Gasteiger charge is 2.26. The van der Waals surface area contributed by atoms with Crippen molar-refractivity contribution in [1.82, 2.24) is 0 Å². The van der Waals surface area contributed by atoms with Crippen molar-refractivity contribution in [1.29, 1.82) is 0 Å². The summed E-state index contributed by atoms with van der Waals surface area (Å²) >= 11 is 1.81. The zero-order valence-electron chi connectivity index (χ0n) is 8.65. The van der Waals surface area contributed by atoms with Crippen molar-refractivity contribution in [3.63, 3.8) is 0 Å². The van der Waals surface area contributed by atoms with Gasteiger partial charge in [0.1, 0.15) is 0 Å². The molecule has 1 aliphatic carbocycles. The summed E-state index contributed by atoms with van der Waals surface area (Å²) < 4.78 is 1.36. The molecule has 0 bridgehead atoms. The van der Waals surface area contributed by atoms with Crippen LogP contribution < -0.4 is 5.73 Å². The number of hydrogen-bond acceptors (Lipinski definition) is 2. The summed E-state index contributed by atoms with van der Waals surface area (Å²) in [6.07, 6.45) is 3.98. The van der Waals surface area contributed by atoms with Gasteiger partial charge in [0.2, 0.25) is 0 Å². The number of benzene rings is 1. The van der Waals surface area contributed by atoms with Crippen LogP contribution in [0.3, 0.4) is 0 Å². The molecule has 1 aromatic heterocycles. The standard InChI is InChI=1S/C13H15NS/c14-13(9-4-3-5-9)11-8-15-12-7-2-1-6-10(11)12/h1-2,6-9,13H,3-5,14H2/t13-/m0/s1. The maximum Gasteiger partial charge on any atom is 0.0346 e. The van der Waals surface area contributed by atoms with Crippen molar-refractivity contribution in [2.45, 2.75) is 25.3 Å².